The van der Waals surface area contributed by atoms with Crippen molar-refractivity contribution in [2.45, 2.75) is 12.6 Å². The quantitative estimate of drug-likeness (QED) is 0.619. The molecule has 2 rings (SSSR count). The van der Waals surface area contributed by atoms with Gasteiger partial charge in [0.15, 0.2) is 6.20 Å². The van der Waals surface area contributed by atoms with Crippen LogP contribution in [0.4, 0.5) is 15.9 Å². The molecule has 0 spiro atoms. The fourth-order valence-corrected chi connectivity index (χ4v) is 2.03. The second-order valence-electron chi connectivity index (χ2n) is 4.02. The van der Waals surface area contributed by atoms with E-state index in [4.69, 9.17) is 0 Å². The first-order chi connectivity index (χ1) is 7.39. The number of hydrogen-bond acceptors (Lipinski definition) is 4. The van der Waals surface area contributed by atoms with Crippen LogP contribution in [-0.4, -0.2) is 28.7 Å². The van der Waals surface area contributed by atoms with E-state index < -0.39 is 10.6 Å². The highest BCUT2D eigenvalue weighted by molar-refractivity contribution is 9.10. The van der Waals surface area contributed by atoms with Gasteiger partial charge in [-0.2, -0.15) is 0 Å². The lowest BCUT2D eigenvalue weighted by molar-refractivity contribution is -0.388. The smallest absolute Gasteiger partial charge is 0.358 e. The Kier molecular flexibility index (Phi) is 2.57. The minimum absolute atomic E-state index is 0.159. The minimum Gasteiger partial charge on any atom is -0.358 e. The van der Waals surface area contributed by atoms with Crippen LogP contribution < -0.4 is 4.90 Å². The second-order valence-corrected chi connectivity index (χ2v) is 4.94. The van der Waals surface area contributed by atoms with E-state index in [2.05, 4.69) is 20.9 Å². The van der Waals surface area contributed by atoms with Gasteiger partial charge in [-0.15, -0.1) is 0 Å². The average molecular weight is 290 g/mol. The molecular weight excluding hydrogens is 281 g/mol. The fraction of sp³-hybridized carbons (Fsp3) is 0.444. The van der Waals surface area contributed by atoms with E-state index in [1.54, 1.807) is 11.0 Å². The zero-order valence-electron chi connectivity index (χ0n) is 8.48. The molecule has 0 aliphatic carbocycles. The molecule has 86 valence electrons. The first-order valence-electron chi connectivity index (χ1n) is 4.63. The van der Waals surface area contributed by atoms with Gasteiger partial charge >= 0.3 is 5.82 Å². The summed E-state index contributed by atoms with van der Waals surface area (Å²) in [5, 5.41) is 10.7. The van der Waals surface area contributed by atoms with Gasteiger partial charge in [0.05, 0.1) is 17.6 Å². The Balaban J connectivity index is 2.33. The molecule has 0 amide bonds. The lowest BCUT2D eigenvalue weighted by Gasteiger charge is -2.43. The summed E-state index contributed by atoms with van der Waals surface area (Å²) in [5.41, 5.74) is -0.912. The Labute approximate surface area is 99.6 Å². The largest absolute Gasteiger partial charge is 0.387 e. The molecule has 1 aliphatic rings. The lowest BCUT2D eigenvalue weighted by atomic mass is 9.98. The van der Waals surface area contributed by atoms with E-state index in [1.165, 1.54) is 13.1 Å². The molecule has 0 radical (unpaired) electrons. The third-order valence-corrected chi connectivity index (χ3v) is 2.80. The molecule has 0 unspecified atom stereocenters. The summed E-state index contributed by atoms with van der Waals surface area (Å²) in [6, 6.07) is 1.58. The van der Waals surface area contributed by atoms with E-state index in [9.17, 15) is 14.5 Å². The molecule has 16 heavy (non-hydrogen) atoms. The molecule has 2 heterocycles. The van der Waals surface area contributed by atoms with Crippen molar-refractivity contribution in [1.29, 1.82) is 0 Å². The highest BCUT2D eigenvalue weighted by Crippen LogP contribution is 2.36. The molecule has 1 fully saturated rings. The standard InChI is InChI=1S/C9H9BrFN3O2/c1-9(11)4-13(5-9)7-2-6(10)3-12-8(7)14(15)16/h2-3H,4-5H2,1H3. The number of pyridine rings is 1. The Hall–Kier alpha value is -1.24. The van der Waals surface area contributed by atoms with Crippen LogP contribution in [0, 0.1) is 10.1 Å². The van der Waals surface area contributed by atoms with E-state index in [1.807, 2.05) is 0 Å². The maximum Gasteiger partial charge on any atom is 0.387 e. The van der Waals surface area contributed by atoms with Crippen LogP contribution >= 0.6 is 15.9 Å². The first kappa shape index (κ1) is 11.3. The molecule has 0 bridgehead atoms. The van der Waals surface area contributed by atoms with Gasteiger partial charge in [-0.1, -0.05) is 0 Å². The monoisotopic (exact) mass is 289 g/mol. The normalized spacial score (nSPS) is 18.1. The van der Waals surface area contributed by atoms with Gasteiger partial charge in [-0.3, -0.25) is 0 Å². The summed E-state index contributed by atoms with van der Waals surface area (Å²) in [5.74, 6) is -0.237. The molecule has 5 nitrogen and oxygen atoms in total. The number of rotatable bonds is 2. The second kappa shape index (κ2) is 3.65. The molecule has 0 atom stereocenters. The van der Waals surface area contributed by atoms with Crippen LogP contribution in [0.2, 0.25) is 0 Å². The molecule has 7 heteroatoms. The third-order valence-electron chi connectivity index (χ3n) is 2.37. The topological polar surface area (TPSA) is 59.3 Å². The predicted octanol–water partition coefficient (Wildman–Crippen LogP) is 2.30. The van der Waals surface area contributed by atoms with Crippen molar-refractivity contribution in [3.63, 3.8) is 0 Å². The van der Waals surface area contributed by atoms with Gasteiger partial charge < -0.3 is 15.0 Å². The highest BCUT2D eigenvalue weighted by Gasteiger charge is 2.41. The SMILES string of the molecule is CC1(F)CN(c2cc(Br)cnc2[N+](=O)[O-])C1. The Morgan fingerprint density at radius 1 is 1.69 bits per heavy atom. The van der Waals surface area contributed by atoms with Crippen molar-refractivity contribution < 1.29 is 9.31 Å². The van der Waals surface area contributed by atoms with Gasteiger partial charge in [0, 0.05) is 0 Å². The number of hydrogen-bond donors (Lipinski definition) is 0. The Bertz CT molecular complexity index is 444. The van der Waals surface area contributed by atoms with Gasteiger partial charge in [0.2, 0.25) is 0 Å². The zero-order chi connectivity index (χ0) is 11.9. The van der Waals surface area contributed by atoms with Crippen LogP contribution in [0.3, 0.4) is 0 Å². The highest BCUT2D eigenvalue weighted by atomic mass is 79.9. The molecular formula is C9H9BrFN3O2. The fourth-order valence-electron chi connectivity index (χ4n) is 1.71. The molecule has 0 aromatic carbocycles. The van der Waals surface area contributed by atoms with E-state index in [-0.39, 0.29) is 18.9 Å². The predicted molar refractivity (Wildman–Crippen MR) is 60.3 cm³/mol. The molecule has 0 N–H and O–H groups in total. The van der Waals surface area contributed by atoms with Crippen LogP contribution in [0.1, 0.15) is 6.92 Å². The van der Waals surface area contributed by atoms with Crippen LogP contribution in [0.5, 0.6) is 0 Å². The van der Waals surface area contributed by atoms with Gasteiger partial charge in [0.1, 0.15) is 11.4 Å². The number of aromatic nitrogens is 1. The Morgan fingerprint density at radius 2 is 2.31 bits per heavy atom. The van der Waals surface area contributed by atoms with Crippen molar-refractivity contribution in [1.82, 2.24) is 4.98 Å². The Morgan fingerprint density at radius 3 is 2.81 bits per heavy atom. The van der Waals surface area contributed by atoms with Crippen LogP contribution in [0.15, 0.2) is 16.7 Å². The molecule has 1 saturated heterocycles. The average Bonchev–Trinajstić information content (AvgIpc) is 2.13. The van der Waals surface area contributed by atoms with E-state index in [0.717, 1.165) is 0 Å². The van der Waals surface area contributed by atoms with E-state index >= 15 is 0 Å². The van der Waals surface area contributed by atoms with Crippen molar-refractivity contribution in [3.05, 3.63) is 26.9 Å². The summed E-state index contributed by atoms with van der Waals surface area (Å²) in [6.07, 6.45) is 1.36. The summed E-state index contributed by atoms with van der Waals surface area (Å²) >= 11 is 3.19. The van der Waals surface area contributed by atoms with Crippen molar-refractivity contribution in [2.24, 2.45) is 0 Å². The van der Waals surface area contributed by atoms with Gasteiger partial charge in [-0.25, -0.2) is 4.39 Å². The molecule has 1 aromatic rings. The number of nitro groups is 1. The number of alkyl halides is 1. The minimum atomic E-state index is -1.27. The molecule has 0 saturated carbocycles. The maximum atomic E-state index is 13.3. The summed E-state index contributed by atoms with van der Waals surface area (Å²) in [4.78, 5) is 15.5. The third kappa shape index (κ3) is 1.99. The first-order valence-corrected chi connectivity index (χ1v) is 5.42. The van der Waals surface area contributed by atoms with Crippen LogP contribution in [0.25, 0.3) is 0 Å². The molecule has 1 aliphatic heterocycles. The van der Waals surface area contributed by atoms with Gasteiger partial charge in [-0.05, 0) is 38.8 Å². The number of anilines is 1. The van der Waals surface area contributed by atoms with Gasteiger partial charge in [0.25, 0.3) is 0 Å². The summed E-state index contributed by atoms with van der Waals surface area (Å²) in [7, 11) is 0. The van der Waals surface area contributed by atoms with Crippen molar-refractivity contribution >= 4 is 27.4 Å². The summed E-state index contributed by atoms with van der Waals surface area (Å²) in [6.45, 7) is 1.79. The lowest BCUT2D eigenvalue weighted by Crippen LogP contribution is -2.57. The van der Waals surface area contributed by atoms with E-state index in [0.29, 0.717) is 10.2 Å². The maximum absolute atomic E-state index is 13.3. The summed E-state index contributed by atoms with van der Waals surface area (Å²) < 4.78 is 14.0. The van der Waals surface area contributed by atoms with Crippen molar-refractivity contribution in [2.75, 3.05) is 18.0 Å². The van der Waals surface area contributed by atoms with Crippen molar-refractivity contribution in [3.8, 4) is 0 Å². The number of nitrogens with zero attached hydrogens (tertiary/aromatic N) is 3. The molecule has 1 aromatic heterocycles. The number of halogens is 2. The zero-order valence-corrected chi connectivity index (χ0v) is 10.1. The van der Waals surface area contributed by atoms with Crippen LogP contribution in [-0.2, 0) is 0 Å².